The van der Waals surface area contributed by atoms with Gasteiger partial charge in [-0.15, -0.1) is 5.92 Å². The number of nitrogens with one attached hydrogen (secondary N) is 1. The van der Waals surface area contributed by atoms with Crippen LogP contribution >= 0.6 is 0 Å². The number of phenolic OH excluding ortho intramolecular Hbond substituents is 2. The molecule has 3 heteroatoms. The molecular formula is C12H15NO2. The van der Waals surface area contributed by atoms with E-state index in [9.17, 15) is 10.2 Å². The average molecular weight is 205 g/mol. The number of rotatable bonds is 3. The number of hydrogen-bond donors (Lipinski definition) is 3. The molecule has 0 radical (unpaired) electrons. The molecule has 0 aromatic heterocycles. The number of phenols is 2. The predicted molar refractivity (Wildman–Crippen MR) is 59.6 cm³/mol. The smallest absolute Gasteiger partial charge is 0.119 e. The fraction of sp³-hybridized carbons (Fsp3) is 0.333. The summed E-state index contributed by atoms with van der Waals surface area (Å²) >= 11 is 0. The van der Waals surface area contributed by atoms with Gasteiger partial charge in [-0.25, -0.2) is 0 Å². The normalized spacial score (nSPS) is 11.6. The first kappa shape index (κ1) is 11.4. The van der Waals surface area contributed by atoms with E-state index in [-0.39, 0.29) is 17.5 Å². The van der Waals surface area contributed by atoms with Gasteiger partial charge in [-0.2, -0.15) is 0 Å². The Hall–Kier alpha value is -1.66. The first-order valence-corrected chi connectivity index (χ1v) is 4.79. The standard InChI is InChI=1S/C12H15NO2/c1-3-4-5-13-9(2)10-6-11(14)8-12(15)7-10/h6-9,13-15H,5H2,1-2H3. The Morgan fingerprint density at radius 2 is 1.87 bits per heavy atom. The van der Waals surface area contributed by atoms with Gasteiger partial charge in [0.25, 0.3) is 0 Å². The average Bonchev–Trinajstić information content (AvgIpc) is 2.16. The summed E-state index contributed by atoms with van der Waals surface area (Å²) in [6.07, 6.45) is 0. The van der Waals surface area contributed by atoms with Crippen LogP contribution in [0.3, 0.4) is 0 Å². The van der Waals surface area contributed by atoms with Crippen molar-refractivity contribution in [3.63, 3.8) is 0 Å². The number of aromatic hydroxyl groups is 2. The molecule has 1 aromatic rings. The molecule has 3 nitrogen and oxygen atoms in total. The summed E-state index contributed by atoms with van der Waals surface area (Å²) in [7, 11) is 0. The van der Waals surface area contributed by atoms with Crippen LogP contribution < -0.4 is 5.32 Å². The van der Waals surface area contributed by atoms with Crippen molar-refractivity contribution in [1.29, 1.82) is 0 Å². The lowest BCUT2D eigenvalue weighted by Crippen LogP contribution is -2.18. The molecule has 0 aliphatic heterocycles. The highest BCUT2D eigenvalue weighted by Crippen LogP contribution is 2.24. The van der Waals surface area contributed by atoms with Gasteiger partial charge >= 0.3 is 0 Å². The minimum absolute atomic E-state index is 0.0452. The van der Waals surface area contributed by atoms with E-state index >= 15 is 0 Å². The molecule has 0 saturated heterocycles. The van der Waals surface area contributed by atoms with Crippen molar-refractivity contribution in [3.8, 4) is 23.3 Å². The zero-order valence-corrected chi connectivity index (χ0v) is 8.91. The SMILES string of the molecule is CC#CCNC(C)c1cc(O)cc(O)c1. The first-order chi connectivity index (χ1) is 7.13. The Morgan fingerprint density at radius 1 is 1.27 bits per heavy atom. The summed E-state index contributed by atoms with van der Waals surface area (Å²) in [5.41, 5.74) is 0.838. The van der Waals surface area contributed by atoms with Crippen LogP contribution in [0, 0.1) is 11.8 Å². The maximum atomic E-state index is 9.30. The zero-order valence-electron chi connectivity index (χ0n) is 8.91. The summed E-state index contributed by atoms with van der Waals surface area (Å²) in [4.78, 5) is 0. The molecule has 1 unspecified atom stereocenters. The molecule has 1 aromatic carbocycles. The van der Waals surface area contributed by atoms with E-state index in [4.69, 9.17) is 0 Å². The second-order valence-corrected chi connectivity index (χ2v) is 3.31. The molecule has 0 saturated carbocycles. The van der Waals surface area contributed by atoms with Crippen LogP contribution in [0.4, 0.5) is 0 Å². The van der Waals surface area contributed by atoms with Crippen molar-refractivity contribution in [1.82, 2.24) is 5.32 Å². The van der Waals surface area contributed by atoms with Gasteiger partial charge in [0.05, 0.1) is 6.54 Å². The third-order valence-corrected chi connectivity index (χ3v) is 2.10. The zero-order chi connectivity index (χ0) is 11.3. The Kier molecular flexibility index (Phi) is 4.02. The quantitative estimate of drug-likeness (QED) is 0.659. The van der Waals surface area contributed by atoms with E-state index in [1.807, 2.05) is 6.92 Å². The lowest BCUT2D eigenvalue weighted by atomic mass is 10.1. The molecular weight excluding hydrogens is 190 g/mol. The van der Waals surface area contributed by atoms with E-state index < -0.39 is 0 Å². The molecule has 15 heavy (non-hydrogen) atoms. The maximum absolute atomic E-state index is 9.30. The Morgan fingerprint density at radius 3 is 2.40 bits per heavy atom. The minimum atomic E-state index is 0.0452. The fourth-order valence-electron chi connectivity index (χ4n) is 1.28. The van der Waals surface area contributed by atoms with Gasteiger partial charge in [-0.1, -0.05) is 5.92 Å². The summed E-state index contributed by atoms with van der Waals surface area (Å²) in [5, 5.41) is 21.8. The maximum Gasteiger partial charge on any atom is 0.119 e. The molecule has 0 aliphatic carbocycles. The van der Waals surface area contributed by atoms with E-state index in [1.165, 1.54) is 6.07 Å². The van der Waals surface area contributed by atoms with E-state index in [0.717, 1.165) is 5.56 Å². The van der Waals surface area contributed by atoms with E-state index in [0.29, 0.717) is 6.54 Å². The predicted octanol–water partition coefficient (Wildman–Crippen LogP) is 1.77. The third-order valence-electron chi connectivity index (χ3n) is 2.10. The summed E-state index contributed by atoms with van der Waals surface area (Å²) in [5.74, 6) is 5.82. The lowest BCUT2D eigenvalue weighted by Gasteiger charge is -2.12. The molecule has 80 valence electrons. The summed E-state index contributed by atoms with van der Waals surface area (Å²) in [6, 6.07) is 4.60. The van der Waals surface area contributed by atoms with Crippen LogP contribution in [-0.2, 0) is 0 Å². The Balaban J connectivity index is 2.71. The monoisotopic (exact) mass is 205 g/mol. The molecule has 0 spiro atoms. The van der Waals surface area contributed by atoms with Gasteiger partial charge in [0.15, 0.2) is 0 Å². The summed E-state index contributed by atoms with van der Waals surface area (Å²) < 4.78 is 0. The summed E-state index contributed by atoms with van der Waals surface area (Å²) in [6.45, 7) is 4.33. The van der Waals surface area contributed by atoms with Gasteiger partial charge in [0, 0.05) is 12.1 Å². The van der Waals surface area contributed by atoms with Crippen molar-refractivity contribution in [2.24, 2.45) is 0 Å². The Bertz CT molecular complexity index is 370. The molecule has 1 rings (SSSR count). The molecule has 3 N–H and O–H groups in total. The van der Waals surface area contributed by atoms with Crippen LogP contribution in [0.15, 0.2) is 18.2 Å². The first-order valence-electron chi connectivity index (χ1n) is 4.79. The second-order valence-electron chi connectivity index (χ2n) is 3.31. The highest BCUT2D eigenvalue weighted by Gasteiger charge is 2.06. The highest BCUT2D eigenvalue weighted by molar-refractivity contribution is 5.37. The molecule has 0 fully saturated rings. The van der Waals surface area contributed by atoms with E-state index in [1.54, 1.807) is 19.1 Å². The van der Waals surface area contributed by atoms with E-state index in [2.05, 4.69) is 17.2 Å². The van der Waals surface area contributed by atoms with Crippen LogP contribution in [0.1, 0.15) is 25.5 Å². The van der Waals surface area contributed by atoms with Crippen molar-refractivity contribution in [3.05, 3.63) is 23.8 Å². The fourth-order valence-corrected chi connectivity index (χ4v) is 1.28. The topological polar surface area (TPSA) is 52.5 Å². The van der Waals surface area contributed by atoms with Crippen molar-refractivity contribution in [2.45, 2.75) is 19.9 Å². The van der Waals surface area contributed by atoms with Crippen molar-refractivity contribution >= 4 is 0 Å². The van der Waals surface area contributed by atoms with Gasteiger partial charge in [-0.05, 0) is 31.5 Å². The van der Waals surface area contributed by atoms with Crippen LogP contribution in [0.2, 0.25) is 0 Å². The highest BCUT2D eigenvalue weighted by atomic mass is 16.3. The van der Waals surface area contributed by atoms with Gasteiger partial charge in [0.1, 0.15) is 11.5 Å². The van der Waals surface area contributed by atoms with Gasteiger partial charge < -0.3 is 10.2 Å². The second kappa shape index (κ2) is 5.28. The van der Waals surface area contributed by atoms with Crippen LogP contribution in [0.25, 0.3) is 0 Å². The molecule has 0 amide bonds. The van der Waals surface area contributed by atoms with Gasteiger partial charge in [0.2, 0.25) is 0 Å². The molecule has 0 bridgehead atoms. The molecule has 1 atom stereocenters. The largest absolute Gasteiger partial charge is 0.508 e. The number of benzene rings is 1. The van der Waals surface area contributed by atoms with Crippen LogP contribution in [-0.4, -0.2) is 16.8 Å². The van der Waals surface area contributed by atoms with Crippen molar-refractivity contribution in [2.75, 3.05) is 6.54 Å². The number of hydrogen-bond acceptors (Lipinski definition) is 3. The van der Waals surface area contributed by atoms with Crippen molar-refractivity contribution < 1.29 is 10.2 Å². The van der Waals surface area contributed by atoms with Gasteiger partial charge in [-0.3, -0.25) is 5.32 Å². The molecule has 0 heterocycles. The third kappa shape index (κ3) is 3.53. The van der Waals surface area contributed by atoms with Crippen LogP contribution in [0.5, 0.6) is 11.5 Å². The lowest BCUT2D eigenvalue weighted by molar-refractivity contribution is 0.447. The Labute approximate surface area is 89.8 Å². The minimum Gasteiger partial charge on any atom is -0.508 e. The molecule has 0 aliphatic rings.